The number of pyridine rings is 1. The number of H-pyrrole nitrogens is 1. The first-order valence-electron chi connectivity index (χ1n) is 7.01. The van der Waals surface area contributed by atoms with Crippen molar-refractivity contribution in [3.63, 3.8) is 0 Å². The van der Waals surface area contributed by atoms with E-state index in [1.165, 1.54) is 0 Å². The van der Waals surface area contributed by atoms with E-state index in [-0.39, 0.29) is 11.0 Å². The van der Waals surface area contributed by atoms with Gasteiger partial charge in [0.2, 0.25) is 5.82 Å². The number of hydrogen-bond donors (Lipinski definition) is 1. The number of aromatic nitrogens is 3. The molecule has 0 spiro atoms. The Bertz CT molecular complexity index is 1030. The van der Waals surface area contributed by atoms with Crippen LogP contribution in [0.1, 0.15) is 5.56 Å². The number of aromatic amines is 1. The molecule has 0 saturated carbocycles. The fraction of sp³-hybridized carbons (Fsp3) is 0.0667. The van der Waals surface area contributed by atoms with E-state index in [0.717, 1.165) is 5.56 Å². The molecule has 0 radical (unpaired) electrons. The third-order valence-corrected chi connectivity index (χ3v) is 4.37. The lowest BCUT2D eigenvalue weighted by Crippen LogP contribution is -2.37. The fourth-order valence-electron chi connectivity index (χ4n) is 2.45. The van der Waals surface area contributed by atoms with Crippen molar-refractivity contribution in [2.45, 2.75) is 6.54 Å². The lowest BCUT2D eigenvalue weighted by molar-refractivity contribution is 0.387. The minimum atomic E-state index is -0.642. The van der Waals surface area contributed by atoms with Gasteiger partial charge in [-0.3, -0.25) is 19.4 Å². The van der Waals surface area contributed by atoms with Gasteiger partial charge in [0, 0.05) is 10.6 Å². The maximum absolute atomic E-state index is 11.0. The smallest absolute Gasteiger partial charge is 0.430 e. The van der Waals surface area contributed by atoms with E-state index in [1.54, 1.807) is 35.4 Å². The molecule has 2 aromatic heterocycles. The standard InChI is InChI=1S/C15H8Cl2N4O3S/c16-8-3-7-6-21(15(25)23-12(7)10(17)4-8)9-1-2-11(18-5-9)13-19-14(22)24-20-13/h1-5H,6H2,(H,19,20,22). The predicted octanol–water partition coefficient (Wildman–Crippen LogP) is 3.42. The van der Waals surface area contributed by atoms with Crippen LogP contribution >= 0.6 is 35.4 Å². The summed E-state index contributed by atoms with van der Waals surface area (Å²) in [5.74, 6) is 0.117. The van der Waals surface area contributed by atoms with E-state index >= 15 is 0 Å². The topological polar surface area (TPSA) is 84.2 Å². The van der Waals surface area contributed by atoms with Gasteiger partial charge in [-0.2, -0.15) is 0 Å². The quantitative estimate of drug-likeness (QED) is 0.666. The number of halogens is 2. The summed E-state index contributed by atoms with van der Waals surface area (Å²) in [5.41, 5.74) is 1.99. The van der Waals surface area contributed by atoms with Gasteiger partial charge in [-0.25, -0.2) is 4.79 Å². The number of thiocarbonyl (C=S) groups is 1. The molecular formula is C15H8Cl2N4O3S. The van der Waals surface area contributed by atoms with Crippen LogP contribution in [0.25, 0.3) is 11.5 Å². The van der Waals surface area contributed by atoms with Crippen LogP contribution in [0.15, 0.2) is 39.8 Å². The second kappa shape index (κ2) is 6.14. The molecule has 126 valence electrons. The summed E-state index contributed by atoms with van der Waals surface area (Å²) in [6.07, 6.45) is 1.59. The number of fused-ring (bicyclic) bond motifs is 1. The molecule has 0 unspecified atom stereocenters. The van der Waals surface area contributed by atoms with E-state index in [0.29, 0.717) is 33.7 Å². The summed E-state index contributed by atoms with van der Waals surface area (Å²) in [4.78, 5) is 19.5. The van der Waals surface area contributed by atoms with Crippen molar-refractivity contribution in [2.75, 3.05) is 4.90 Å². The molecule has 10 heteroatoms. The van der Waals surface area contributed by atoms with Crippen LogP contribution in [-0.4, -0.2) is 20.3 Å². The molecule has 0 bridgehead atoms. The van der Waals surface area contributed by atoms with E-state index in [9.17, 15) is 4.79 Å². The monoisotopic (exact) mass is 394 g/mol. The summed E-state index contributed by atoms with van der Waals surface area (Å²) in [7, 11) is 0. The maximum Gasteiger partial charge on any atom is 0.439 e. The van der Waals surface area contributed by atoms with Gasteiger partial charge in [-0.1, -0.05) is 28.4 Å². The Morgan fingerprint density at radius 2 is 2.12 bits per heavy atom. The molecule has 1 aliphatic rings. The number of rotatable bonds is 2. The molecule has 7 nitrogen and oxygen atoms in total. The van der Waals surface area contributed by atoms with Gasteiger partial charge >= 0.3 is 5.76 Å². The predicted molar refractivity (Wildman–Crippen MR) is 96.2 cm³/mol. The van der Waals surface area contributed by atoms with Crippen molar-refractivity contribution >= 4 is 46.3 Å². The third kappa shape index (κ3) is 2.99. The Labute approximate surface area is 156 Å². The van der Waals surface area contributed by atoms with Gasteiger partial charge in [0.1, 0.15) is 5.69 Å². The minimum absolute atomic E-state index is 0.248. The Morgan fingerprint density at radius 1 is 1.28 bits per heavy atom. The second-order valence-corrected chi connectivity index (χ2v) is 6.37. The lowest BCUT2D eigenvalue weighted by atomic mass is 10.1. The zero-order valence-corrected chi connectivity index (χ0v) is 14.7. The van der Waals surface area contributed by atoms with Crippen LogP contribution in [0.2, 0.25) is 10.0 Å². The zero-order chi connectivity index (χ0) is 17.6. The van der Waals surface area contributed by atoms with Crippen molar-refractivity contribution in [1.82, 2.24) is 15.1 Å². The van der Waals surface area contributed by atoms with Crippen molar-refractivity contribution in [3.8, 4) is 17.3 Å². The number of nitrogens with zero attached hydrogens (tertiary/aromatic N) is 3. The summed E-state index contributed by atoms with van der Waals surface area (Å²) < 4.78 is 10.1. The SMILES string of the molecule is O=c1[nH]c(-c2ccc(N3Cc4cc(Cl)cc(Cl)c4OC3=S)cn2)no1. The van der Waals surface area contributed by atoms with Gasteiger partial charge in [-0.05, 0) is 36.5 Å². The molecule has 25 heavy (non-hydrogen) atoms. The Kier molecular flexibility index (Phi) is 3.95. The van der Waals surface area contributed by atoms with Crippen molar-refractivity contribution in [1.29, 1.82) is 0 Å². The van der Waals surface area contributed by atoms with E-state index in [1.807, 2.05) is 0 Å². The molecule has 3 heterocycles. The highest BCUT2D eigenvalue weighted by molar-refractivity contribution is 7.80. The minimum Gasteiger partial charge on any atom is -0.430 e. The first kappa shape index (κ1) is 16.1. The van der Waals surface area contributed by atoms with E-state index < -0.39 is 5.76 Å². The number of anilines is 1. The molecule has 0 amide bonds. The van der Waals surface area contributed by atoms with Crippen molar-refractivity contribution in [2.24, 2.45) is 0 Å². The highest BCUT2D eigenvalue weighted by Gasteiger charge is 2.26. The largest absolute Gasteiger partial charge is 0.439 e. The number of hydrogen-bond acceptors (Lipinski definition) is 6. The average molecular weight is 395 g/mol. The van der Waals surface area contributed by atoms with Crippen LogP contribution < -0.4 is 15.4 Å². The zero-order valence-electron chi connectivity index (χ0n) is 12.3. The normalized spacial score (nSPS) is 13.5. The van der Waals surface area contributed by atoms with Crippen molar-refractivity contribution in [3.05, 3.63) is 56.6 Å². The average Bonchev–Trinajstić information content (AvgIpc) is 3.02. The van der Waals surface area contributed by atoms with Crippen LogP contribution in [-0.2, 0) is 6.54 Å². The van der Waals surface area contributed by atoms with Crippen LogP contribution in [0, 0.1) is 0 Å². The van der Waals surface area contributed by atoms with Gasteiger partial charge in [0.25, 0.3) is 5.17 Å². The summed E-state index contributed by atoms with van der Waals surface area (Å²) >= 11 is 17.5. The van der Waals surface area contributed by atoms with Gasteiger partial charge in [-0.15, -0.1) is 0 Å². The maximum atomic E-state index is 11.0. The number of ether oxygens (including phenoxy) is 1. The van der Waals surface area contributed by atoms with Gasteiger partial charge in [0.15, 0.2) is 5.75 Å². The number of benzene rings is 1. The Morgan fingerprint density at radius 3 is 2.80 bits per heavy atom. The summed E-state index contributed by atoms with van der Waals surface area (Å²) in [6.45, 7) is 0.441. The molecule has 0 fully saturated rings. The Hall–Kier alpha value is -2.42. The molecule has 0 saturated heterocycles. The fourth-order valence-corrected chi connectivity index (χ4v) is 3.27. The third-order valence-electron chi connectivity index (χ3n) is 3.57. The molecule has 0 atom stereocenters. The molecule has 1 aliphatic heterocycles. The Balaban J connectivity index is 1.65. The molecule has 4 rings (SSSR count). The van der Waals surface area contributed by atoms with E-state index in [4.69, 9.17) is 40.2 Å². The first-order chi connectivity index (χ1) is 12.0. The highest BCUT2D eigenvalue weighted by Crippen LogP contribution is 2.37. The molecular weight excluding hydrogens is 387 g/mol. The van der Waals surface area contributed by atoms with E-state index in [2.05, 4.69) is 19.6 Å². The van der Waals surface area contributed by atoms with Crippen molar-refractivity contribution < 1.29 is 9.26 Å². The van der Waals surface area contributed by atoms with Crippen LogP contribution in [0.5, 0.6) is 5.75 Å². The summed E-state index contributed by atoms with van der Waals surface area (Å²) in [6, 6.07) is 6.85. The summed E-state index contributed by atoms with van der Waals surface area (Å²) in [5, 5.41) is 4.77. The molecule has 1 aromatic carbocycles. The van der Waals surface area contributed by atoms with Gasteiger partial charge < -0.3 is 4.74 Å². The van der Waals surface area contributed by atoms with Gasteiger partial charge in [0.05, 0.1) is 23.5 Å². The molecule has 1 N–H and O–H groups in total. The molecule has 0 aliphatic carbocycles. The first-order valence-corrected chi connectivity index (χ1v) is 8.17. The van der Waals surface area contributed by atoms with Crippen LogP contribution in [0.4, 0.5) is 5.69 Å². The van der Waals surface area contributed by atoms with Crippen LogP contribution in [0.3, 0.4) is 0 Å². The highest BCUT2D eigenvalue weighted by atomic mass is 35.5. The second-order valence-electron chi connectivity index (χ2n) is 5.18. The number of nitrogens with one attached hydrogen (secondary N) is 1. The molecule has 3 aromatic rings. The lowest BCUT2D eigenvalue weighted by Gasteiger charge is -2.30.